The second-order valence-electron chi connectivity index (χ2n) is 3.29. The molecule has 0 saturated carbocycles. The highest BCUT2D eigenvalue weighted by molar-refractivity contribution is 5.94. The molecule has 0 atom stereocenters. The first-order valence-corrected chi connectivity index (χ1v) is 4.68. The Balaban J connectivity index is 2.22. The summed E-state index contributed by atoms with van der Waals surface area (Å²) in [6.45, 7) is 0. The molecule has 1 aromatic heterocycles. The van der Waals surface area contributed by atoms with Crippen LogP contribution in [-0.2, 0) is 6.42 Å². The summed E-state index contributed by atoms with van der Waals surface area (Å²) in [5.74, 6) is -2.18. The Labute approximate surface area is 90.5 Å². The van der Waals surface area contributed by atoms with Crippen molar-refractivity contribution in [2.75, 3.05) is 0 Å². The summed E-state index contributed by atoms with van der Waals surface area (Å²) in [7, 11) is 0. The van der Waals surface area contributed by atoms with Crippen molar-refractivity contribution < 1.29 is 18.0 Å². The van der Waals surface area contributed by atoms with E-state index in [1.807, 2.05) is 0 Å². The lowest BCUT2D eigenvalue weighted by Crippen LogP contribution is -2.05. The number of carbonyl (C=O) groups excluding carboxylic acids is 1. The molecule has 0 bridgehead atoms. The van der Waals surface area contributed by atoms with E-state index in [9.17, 15) is 13.6 Å². The molecule has 0 spiro atoms. The minimum Gasteiger partial charge on any atom is -0.461 e. The van der Waals surface area contributed by atoms with Gasteiger partial charge in [0.1, 0.15) is 0 Å². The van der Waals surface area contributed by atoms with Crippen LogP contribution in [0.1, 0.15) is 16.1 Å². The van der Waals surface area contributed by atoms with Crippen LogP contribution in [-0.4, -0.2) is 5.78 Å². The fourth-order valence-electron chi connectivity index (χ4n) is 1.38. The van der Waals surface area contributed by atoms with E-state index in [0.29, 0.717) is 0 Å². The first kappa shape index (κ1) is 10.5. The smallest absolute Gasteiger partial charge is 0.202 e. The maximum atomic E-state index is 13.2. The van der Waals surface area contributed by atoms with Gasteiger partial charge in [-0.15, -0.1) is 0 Å². The highest BCUT2D eigenvalue weighted by Crippen LogP contribution is 2.14. The van der Waals surface area contributed by atoms with E-state index in [1.54, 1.807) is 6.07 Å². The molecular weight excluding hydrogens is 214 g/mol. The lowest BCUT2D eigenvalue weighted by atomic mass is 10.1. The molecule has 2 aromatic rings. The van der Waals surface area contributed by atoms with Crippen LogP contribution in [0.4, 0.5) is 8.78 Å². The average Bonchev–Trinajstić information content (AvgIpc) is 2.78. The fourth-order valence-corrected chi connectivity index (χ4v) is 1.38. The number of benzene rings is 1. The maximum Gasteiger partial charge on any atom is 0.202 e. The molecule has 0 aliphatic carbocycles. The standard InChI is InChI=1S/C12H8F2O2/c13-9-4-1-3-8(12(9)14)7-10(15)11-5-2-6-16-11/h1-6H,7H2. The van der Waals surface area contributed by atoms with Gasteiger partial charge >= 0.3 is 0 Å². The first-order chi connectivity index (χ1) is 7.68. The van der Waals surface area contributed by atoms with Gasteiger partial charge in [0.25, 0.3) is 0 Å². The molecule has 0 N–H and O–H groups in total. The lowest BCUT2D eigenvalue weighted by molar-refractivity contribution is 0.0965. The van der Waals surface area contributed by atoms with Crippen LogP contribution in [0, 0.1) is 11.6 Å². The van der Waals surface area contributed by atoms with E-state index in [4.69, 9.17) is 4.42 Å². The Morgan fingerprint density at radius 2 is 2.00 bits per heavy atom. The van der Waals surface area contributed by atoms with Crippen LogP contribution in [0.15, 0.2) is 41.0 Å². The second-order valence-corrected chi connectivity index (χ2v) is 3.29. The SMILES string of the molecule is O=C(Cc1cccc(F)c1F)c1ccco1. The van der Waals surface area contributed by atoms with Crippen molar-refractivity contribution in [2.45, 2.75) is 6.42 Å². The Kier molecular flexibility index (Phi) is 2.81. The first-order valence-electron chi connectivity index (χ1n) is 4.68. The van der Waals surface area contributed by atoms with E-state index in [2.05, 4.69) is 0 Å². The van der Waals surface area contributed by atoms with Crippen LogP contribution >= 0.6 is 0 Å². The highest BCUT2D eigenvalue weighted by Gasteiger charge is 2.14. The van der Waals surface area contributed by atoms with Crippen molar-refractivity contribution in [2.24, 2.45) is 0 Å². The minimum absolute atomic E-state index is 0.0291. The van der Waals surface area contributed by atoms with E-state index >= 15 is 0 Å². The summed E-state index contributed by atoms with van der Waals surface area (Å²) < 4.78 is 31.0. The summed E-state index contributed by atoms with van der Waals surface area (Å²) in [4.78, 5) is 11.6. The zero-order valence-electron chi connectivity index (χ0n) is 8.24. The van der Waals surface area contributed by atoms with Crippen molar-refractivity contribution in [3.05, 3.63) is 59.6 Å². The van der Waals surface area contributed by atoms with Crippen LogP contribution in [0.25, 0.3) is 0 Å². The molecule has 82 valence electrons. The average molecular weight is 222 g/mol. The van der Waals surface area contributed by atoms with Gasteiger partial charge in [-0.3, -0.25) is 4.79 Å². The molecule has 0 aliphatic heterocycles. The molecule has 1 heterocycles. The zero-order valence-corrected chi connectivity index (χ0v) is 8.24. The largest absolute Gasteiger partial charge is 0.461 e. The maximum absolute atomic E-state index is 13.2. The van der Waals surface area contributed by atoms with Gasteiger partial charge in [0.05, 0.1) is 6.26 Å². The molecule has 0 fully saturated rings. The van der Waals surface area contributed by atoms with Crippen LogP contribution in [0.5, 0.6) is 0 Å². The Bertz CT molecular complexity index is 504. The quantitative estimate of drug-likeness (QED) is 0.747. The van der Waals surface area contributed by atoms with Gasteiger partial charge in [-0.05, 0) is 23.8 Å². The number of ketones is 1. The third-order valence-corrected chi connectivity index (χ3v) is 2.18. The number of furan rings is 1. The molecule has 0 radical (unpaired) electrons. The molecule has 0 saturated heterocycles. The lowest BCUT2D eigenvalue weighted by Gasteiger charge is -2.01. The molecule has 1 aromatic carbocycles. The normalized spacial score (nSPS) is 10.4. The molecule has 0 amide bonds. The second kappa shape index (κ2) is 4.26. The zero-order chi connectivity index (χ0) is 11.5. The predicted molar refractivity (Wildman–Crippen MR) is 53.1 cm³/mol. The van der Waals surface area contributed by atoms with E-state index in [1.165, 1.54) is 24.5 Å². The predicted octanol–water partition coefficient (Wildman–Crippen LogP) is 2.98. The molecule has 4 heteroatoms. The van der Waals surface area contributed by atoms with Gasteiger partial charge in [-0.1, -0.05) is 12.1 Å². The number of hydrogen-bond acceptors (Lipinski definition) is 2. The van der Waals surface area contributed by atoms with Gasteiger partial charge in [0, 0.05) is 6.42 Å². The van der Waals surface area contributed by atoms with Crippen molar-refractivity contribution >= 4 is 5.78 Å². The highest BCUT2D eigenvalue weighted by atomic mass is 19.2. The van der Waals surface area contributed by atoms with Gasteiger partial charge in [0.15, 0.2) is 17.4 Å². The minimum atomic E-state index is -0.984. The summed E-state index contributed by atoms with van der Waals surface area (Å²) in [6.07, 6.45) is 1.15. The number of halogens is 2. The third-order valence-electron chi connectivity index (χ3n) is 2.18. The van der Waals surface area contributed by atoms with Crippen molar-refractivity contribution in [3.63, 3.8) is 0 Å². The van der Waals surface area contributed by atoms with Gasteiger partial charge in [-0.2, -0.15) is 0 Å². The molecule has 16 heavy (non-hydrogen) atoms. The fraction of sp³-hybridized carbons (Fsp3) is 0.0833. The van der Waals surface area contributed by atoms with Crippen molar-refractivity contribution in [1.29, 1.82) is 0 Å². The summed E-state index contributed by atoms with van der Waals surface area (Å²) in [6, 6.07) is 6.80. The molecule has 2 rings (SSSR count). The summed E-state index contributed by atoms with van der Waals surface area (Å²) in [5, 5.41) is 0. The van der Waals surface area contributed by atoms with Gasteiger partial charge in [-0.25, -0.2) is 8.78 Å². The molecule has 0 unspecified atom stereocenters. The van der Waals surface area contributed by atoms with E-state index < -0.39 is 11.6 Å². The number of hydrogen-bond donors (Lipinski definition) is 0. The molecular formula is C12H8F2O2. The van der Waals surface area contributed by atoms with Crippen molar-refractivity contribution in [1.82, 2.24) is 0 Å². The van der Waals surface area contributed by atoms with Crippen LogP contribution in [0.2, 0.25) is 0 Å². The summed E-state index contributed by atoms with van der Waals surface area (Å²) >= 11 is 0. The number of carbonyl (C=O) groups is 1. The topological polar surface area (TPSA) is 30.2 Å². The van der Waals surface area contributed by atoms with Crippen LogP contribution in [0.3, 0.4) is 0 Å². The Morgan fingerprint density at radius 3 is 2.69 bits per heavy atom. The molecule has 2 nitrogen and oxygen atoms in total. The van der Waals surface area contributed by atoms with Crippen molar-refractivity contribution in [3.8, 4) is 0 Å². The monoisotopic (exact) mass is 222 g/mol. The Morgan fingerprint density at radius 1 is 1.19 bits per heavy atom. The van der Waals surface area contributed by atoms with E-state index in [-0.39, 0.29) is 23.5 Å². The summed E-state index contributed by atoms with van der Waals surface area (Å²) in [5.41, 5.74) is 0.0291. The number of Topliss-reactive ketones (excluding diaryl/α,β-unsaturated/α-hetero) is 1. The third kappa shape index (κ3) is 2.00. The van der Waals surface area contributed by atoms with Crippen LogP contribution < -0.4 is 0 Å². The Hall–Kier alpha value is -1.97. The molecule has 0 aliphatic rings. The van der Waals surface area contributed by atoms with Gasteiger partial charge < -0.3 is 4.42 Å². The van der Waals surface area contributed by atoms with Gasteiger partial charge in [0.2, 0.25) is 5.78 Å². The number of rotatable bonds is 3. The van der Waals surface area contributed by atoms with E-state index in [0.717, 1.165) is 6.07 Å².